The van der Waals surface area contributed by atoms with Crippen molar-refractivity contribution in [1.29, 1.82) is 0 Å². The highest BCUT2D eigenvalue weighted by Gasteiger charge is 2.41. The zero-order valence-electron chi connectivity index (χ0n) is 12.6. The van der Waals surface area contributed by atoms with Crippen molar-refractivity contribution in [3.05, 3.63) is 30.1 Å². The Morgan fingerprint density at radius 2 is 2.00 bits per heavy atom. The number of rotatable bonds is 4. The van der Waals surface area contributed by atoms with Crippen molar-refractivity contribution in [1.82, 2.24) is 4.90 Å². The minimum absolute atomic E-state index is 0.118. The molecule has 5 heteroatoms. The standard InChI is InChI=1S/C17H22FNO3/c18-14-5-7-15(8-6-14)22-12-17(21)9-10-19(11-17)16(20)13-3-1-2-4-13/h5-8,13,21H,1-4,9-12H2/t17-/m0/s1. The summed E-state index contributed by atoms with van der Waals surface area (Å²) in [5.74, 6) is 0.520. The van der Waals surface area contributed by atoms with E-state index in [1.54, 1.807) is 4.90 Å². The van der Waals surface area contributed by atoms with Gasteiger partial charge in [-0.2, -0.15) is 0 Å². The summed E-state index contributed by atoms with van der Waals surface area (Å²) < 4.78 is 18.4. The van der Waals surface area contributed by atoms with Gasteiger partial charge in [0.2, 0.25) is 5.91 Å². The fourth-order valence-electron chi connectivity index (χ4n) is 3.34. The maximum absolute atomic E-state index is 12.8. The summed E-state index contributed by atoms with van der Waals surface area (Å²) in [7, 11) is 0. The molecular weight excluding hydrogens is 285 g/mol. The molecule has 1 aromatic carbocycles. The molecule has 1 aromatic rings. The summed E-state index contributed by atoms with van der Waals surface area (Å²) in [5.41, 5.74) is -1.01. The fraction of sp³-hybridized carbons (Fsp3) is 0.588. The van der Waals surface area contributed by atoms with Crippen LogP contribution in [-0.2, 0) is 4.79 Å². The molecule has 1 amide bonds. The average molecular weight is 307 g/mol. The van der Waals surface area contributed by atoms with Crippen molar-refractivity contribution >= 4 is 5.91 Å². The molecule has 120 valence electrons. The third kappa shape index (κ3) is 3.40. The second-order valence-electron chi connectivity index (χ2n) is 6.46. The summed E-state index contributed by atoms with van der Waals surface area (Å²) in [6.07, 6.45) is 4.72. The van der Waals surface area contributed by atoms with Gasteiger partial charge in [0.25, 0.3) is 0 Å². The number of likely N-dealkylation sites (tertiary alicyclic amines) is 1. The van der Waals surface area contributed by atoms with Gasteiger partial charge in [-0.25, -0.2) is 4.39 Å². The quantitative estimate of drug-likeness (QED) is 0.929. The van der Waals surface area contributed by atoms with E-state index in [1.165, 1.54) is 24.3 Å². The maximum atomic E-state index is 12.8. The van der Waals surface area contributed by atoms with Crippen LogP contribution in [0.3, 0.4) is 0 Å². The third-order valence-electron chi connectivity index (χ3n) is 4.67. The minimum atomic E-state index is -1.01. The van der Waals surface area contributed by atoms with E-state index in [4.69, 9.17) is 4.74 Å². The Hall–Kier alpha value is -1.62. The smallest absolute Gasteiger partial charge is 0.225 e. The van der Waals surface area contributed by atoms with Gasteiger partial charge in [0.05, 0.1) is 6.54 Å². The van der Waals surface area contributed by atoms with Gasteiger partial charge in [0.15, 0.2) is 0 Å². The number of benzene rings is 1. The molecule has 1 saturated carbocycles. The predicted molar refractivity (Wildman–Crippen MR) is 80.0 cm³/mol. The lowest BCUT2D eigenvalue weighted by Crippen LogP contribution is -2.42. The number of aliphatic hydroxyl groups is 1. The average Bonchev–Trinajstić information content (AvgIpc) is 3.16. The number of carbonyl (C=O) groups excluding carboxylic acids is 1. The van der Waals surface area contributed by atoms with Gasteiger partial charge in [-0.05, 0) is 43.5 Å². The fourth-order valence-corrected chi connectivity index (χ4v) is 3.34. The first-order chi connectivity index (χ1) is 10.6. The van der Waals surface area contributed by atoms with Crippen molar-refractivity contribution < 1.29 is 19.0 Å². The first-order valence-corrected chi connectivity index (χ1v) is 7.95. The second-order valence-corrected chi connectivity index (χ2v) is 6.46. The van der Waals surface area contributed by atoms with E-state index in [2.05, 4.69) is 0 Å². The van der Waals surface area contributed by atoms with Crippen molar-refractivity contribution in [3.8, 4) is 5.75 Å². The Morgan fingerprint density at radius 3 is 2.68 bits per heavy atom. The Bertz CT molecular complexity index is 527. The number of halogens is 1. The van der Waals surface area contributed by atoms with E-state index >= 15 is 0 Å². The predicted octanol–water partition coefficient (Wildman–Crippen LogP) is 2.36. The highest BCUT2D eigenvalue weighted by atomic mass is 19.1. The highest BCUT2D eigenvalue weighted by Crippen LogP contribution is 2.30. The zero-order valence-corrected chi connectivity index (χ0v) is 12.6. The zero-order chi connectivity index (χ0) is 15.6. The van der Waals surface area contributed by atoms with Crippen LogP contribution in [0.4, 0.5) is 4.39 Å². The monoisotopic (exact) mass is 307 g/mol. The van der Waals surface area contributed by atoms with Crippen molar-refractivity contribution in [2.24, 2.45) is 5.92 Å². The molecule has 1 heterocycles. The molecule has 0 radical (unpaired) electrons. The number of hydrogen-bond acceptors (Lipinski definition) is 3. The highest BCUT2D eigenvalue weighted by molar-refractivity contribution is 5.79. The van der Waals surface area contributed by atoms with E-state index in [0.717, 1.165) is 25.7 Å². The van der Waals surface area contributed by atoms with Crippen LogP contribution >= 0.6 is 0 Å². The van der Waals surface area contributed by atoms with Gasteiger partial charge in [0.1, 0.15) is 23.8 Å². The molecule has 1 saturated heterocycles. The van der Waals surface area contributed by atoms with Gasteiger partial charge in [-0.1, -0.05) is 12.8 Å². The normalized spacial score (nSPS) is 25.6. The number of β-amino-alcohol motifs (C(OH)–C–C–N with tert-alkyl or cyclic N) is 1. The van der Waals surface area contributed by atoms with Gasteiger partial charge < -0.3 is 14.7 Å². The van der Waals surface area contributed by atoms with Gasteiger partial charge >= 0.3 is 0 Å². The summed E-state index contributed by atoms with van der Waals surface area (Å²) in [4.78, 5) is 14.1. The summed E-state index contributed by atoms with van der Waals surface area (Å²) in [6, 6.07) is 5.72. The molecule has 1 N–H and O–H groups in total. The lowest BCUT2D eigenvalue weighted by atomic mass is 10.0. The van der Waals surface area contributed by atoms with Crippen LogP contribution in [0.15, 0.2) is 24.3 Å². The van der Waals surface area contributed by atoms with Crippen LogP contribution in [0, 0.1) is 11.7 Å². The number of carbonyl (C=O) groups is 1. The second kappa shape index (κ2) is 6.24. The SMILES string of the molecule is O=C(C1CCCC1)N1CC[C@@](O)(COc2ccc(F)cc2)C1. The van der Waals surface area contributed by atoms with E-state index in [1.807, 2.05) is 0 Å². The Labute approximate surface area is 129 Å². The van der Waals surface area contributed by atoms with Crippen LogP contribution in [-0.4, -0.2) is 41.2 Å². The number of nitrogens with zero attached hydrogens (tertiary/aromatic N) is 1. The summed E-state index contributed by atoms with van der Waals surface area (Å²) in [6.45, 7) is 1.02. The molecule has 0 unspecified atom stereocenters. The molecule has 1 atom stereocenters. The molecule has 4 nitrogen and oxygen atoms in total. The lowest BCUT2D eigenvalue weighted by molar-refractivity contribution is -0.135. The van der Waals surface area contributed by atoms with Gasteiger partial charge in [0, 0.05) is 12.5 Å². The molecule has 1 aliphatic carbocycles. The minimum Gasteiger partial charge on any atom is -0.491 e. The van der Waals surface area contributed by atoms with E-state index < -0.39 is 5.60 Å². The molecule has 2 fully saturated rings. The molecule has 3 rings (SSSR count). The first-order valence-electron chi connectivity index (χ1n) is 7.95. The molecule has 2 aliphatic rings. The Balaban J connectivity index is 1.53. The van der Waals surface area contributed by atoms with E-state index in [9.17, 15) is 14.3 Å². The van der Waals surface area contributed by atoms with Crippen molar-refractivity contribution in [2.45, 2.75) is 37.7 Å². The summed E-state index contributed by atoms with van der Waals surface area (Å²) >= 11 is 0. The first kappa shape index (κ1) is 15.3. The molecule has 0 spiro atoms. The lowest BCUT2D eigenvalue weighted by Gasteiger charge is -2.25. The topological polar surface area (TPSA) is 49.8 Å². The summed E-state index contributed by atoms with van der Waals surface area (Å²) in [5, 5.41) is 10.6. The molecule has 22 heavy (non-hydrogen) atoms. The Morgan fingerprint density at radius 1 is 1.32 bits per heavy atom. The molecule has 0 bridgehead atoms. The van der Waals surface area contributed by atoms with Crippen molar-refractivity contribution in [2.75, 3.05) is 19.7 Å². The van der Waals surface area contributed by atoms with Gasteiger partial charge in [-0.15, -0.1) is 0 Å². The van der Waals surface area contributed by atoms with Crippen LogP contribution in [0.1, 0.15) is 32.1 Å². The van der Waals surface area contributed by atoms with E-state index in [0.29, 0.717) is 25.3 Å². The third-order valence-corrected chi connectivity index (χ3v) is 4.67. The largest absolute Gasteiger partial charge is 0.491 e. The van der Waals surface area contributed by atoms with Crippen LogP contribution in [0.2, 0.25) is 0 Å². The number of hydrogen-bond donors (Lipinski definition) is 1. The van der Waals surface area contributed by atoms with Crippen LogP contribution < -0.4 is 4.74 Å². The van der Waals surface area contributed by atoms with Crippen LogP contribution in [0.5, 0.6) is 5.75 Å². The van der Waals surface area contributed by atoms with Crippen molar-refractivity contribution in [3.63, 3.8) is 0 Å². The Kier molecular flexibility index (Phi) is 4.34. The van der Waals surface area contributed by atoms with Gasteiger partial charge in [-0.3, -0.25) is 4.79 Å². The number of ether oxygens (including phenoxy) is 1. The molecular formula is C17H22FNO3. The molecule has 1 aliphatic heterocycles. The number of amides is 1. The maximum Gasteiger partial charge on any atom is 0.225 e. The van der Waals surface area contributed by atoms with E-state index in [-0.39, 0.29) is 24.2 Å². The van der Waals surface area contributed by atoms with Crippen LogP contribution in [0.25, 0.3) is 0 Å². The molecule has 0 aromatic heterocycles.